The first kappa shape index (κ1) is 13.2. The number of hydrogen-bond acceptors (Lipinski definition) is 3. The zero-order chi connectivity index (χ0) is 11.7. The van der Waals surface area contributed by atoms with Crippen molar-refractivity contribution in [1.29, 1.82) is 0 Å². The first-order chi connectivity index (χ1) is 7.11. The Morgan fingerprint density at radius 2 is 2.13 bits per heavy atom. The molecule has 0 rings (SSSR count). The maximum Gasteiger partial charge on any atom is 0.412 e. The van der Waals surface area contributed by atoms with Crippen LogP contribution in [0.25, 0.3) is 0 Å². The van der Waals surface area contributed by atoms with Gasteiger partial charge in [0.1, 0.15) is 6.61 Å². The zero-order valence-electron chi connectivity index (χ0n) is 8.95. The molecule has 1 N–H and O–H groups in total. The zero-order valence-corrected chi connectivity index (χ0v) is 8.95. The Morgan fingerprint density at radius 3 is 2.60 bits per heavy atom. The van der Waals surface area contributed by atoms with Crippen LogP contribution in [0.2, 0.25) is 0 Å². The van der Waals surface area contributed by atoms with Crippen LogP contribution in [0.15, 0.2) is 36.6 Å². The molecule has 0 unspecified atom stereocenters. The van der Waals surface area contributed by atoms with Crippen LogP contribution >= 0.6 is 0 Å². The smallest absolute Gasteiger partial charge is 0.412 e. The van der Waals surface area contributed by atoms with Gasteiger partial charge in [0.15, 0.2) is 5.78 Å². The van der Waals surface area contributed by atoms with Crippen LogP contribution in [0, 0.1) is 0 Å². The molecule has 82 valence electrons. The Kier molecular flexibility index (Phi) is 6.63. The molecule has 0 aliphatic rings. The third kappa shape index (κ3) is 6.26. The van der Waals surface area contributed by atoms with Crippen molar-refractivity contribution >= 4 is 11.9 Å². The van der Waals surface area contributed by atoms with E-state index in [9.17, 15) is 9.59 Å². The minimum absolute atomic E-state index is 0.112. The highest BCUT2D eigenvalue weighted by Crippen LogP contribution is 1.94. The van der Waals surface area contributed by atoms with Gasteiger partial charge in [0.2, 0.25) is 0 Å². The van der Waals surface area contributed by atoms with Gasteiger partial charge in [-0.2, -0.15) is 0 Å². The molecule has 4 heteroatoms. The lowest BCUT2D eigenvalue weighted by atomic mass is 10.3. The van der Waals surface area contributed by atoms with E-state index in [4.69, 9.17) is 0 Å². The summed E-state index contributed by atoms with van der Waals surface area (Å²) in [6.45, 7) is 6.68. The molecular weight excluding hydrogens is 194 g/mol. The maximum atomic E-state index is 11.1. The molecule has 15 heavy (non-hydrogen) atoms. The fraction of sp³-hybridized carbons (Fsp3) is 0.273. The van der Waals surface area contributed by atoms with Crippen molar-refractivity contribution < 1.29 is 14.3 Å². The summed E-state index contributed by atoms with van der Waals surface area (Å²) < 4.78 is 4.67. The van der Waals surface area contributed by atoms with Crippen molar-refractivity contribution in [2.45, 2.75) is 13.8 Å². The highest BCUT2D eigenvalue weighted by atomic mass is 16.5. The number of ether oxygens (including phenoxy) is 1. The van der Waals surface area contributed by atoms with Crippen LogP contribution in [-0.4, -0.2) is 18.5 Å². The third-order valence-corrected chi connectivity index (χ3v) is 1.40. The Bertz CT molecular complexity index is 303. The van der Waals surface area contributed by atoms with Crippen molar-refractivity contribution in [3.63, 3.8) is 0 Å². The van der Waals surface area contributed by atoms with Crippen molar-refractivity contribution in [3.8, 4) is 0 Å². The summed E-state index contributed by atoms with van der Waals surface area (Å²) in [5.74, 6) is -0.233. The van der Waals surface area contributed by atoms with Gasteiger partial charge in [0.05, 0.1) is 5.70 Å². The van der Waals surface area contributed by atoms with Crippen LogP contribution in [0.4, 0.5) is 4.79 Å². The lowest BCUT2D eigenvalue weighted by Gasteiger charge is -2.05. The molecule has 4 nitrogen and oxygen atoms in total. The second-order valence-corrected chi connectivity index (χ2v) is 2.67. The van der Waals surface area contributed by atoms with E-state index in [1.807, 2.05) is 6.92 Å². The number of Topliss-reactive ketones (excluding diaryl/α,β-unsaturated/α-hetero) is 1. The molecule has 0 radical (unpaired) electrons. The molecule has 0 spiro atoms. The van der Waals surface area contributed by atoms with Crippen molar-refractivity contribution in [2.24, 2.45) is 0 Å². The van der Waals surface area contributed by atoms with E-state index in [2.05, 4.69) is 16.6 Å². The molecule has 0 aromatic carbocycles. The molecule has 0 heterocycles. The Balaban J connectivity index is 4.35. The Labute approximate surface area is 89.3 Å². The van der Waals surface area contributed by atoms with Crippen LogP contribution in [-0.2, 0) is 9.53 Å². The molecule has 0 fully saturated rings. The first-order valence-electron chi connectivity index (χ1n) is 4.50. The predicted octanol–water partition coefficient (Wildman–Crippen LogP) is 1.95. The number of rotatable bonds is 5. The van der Waals surface area contributed by atoms with Gasteiger partial charge in [0.25, 0.3) is 0 Å². The summed E-state index contributed by atoms with van der Waals surface area (Å²) in [6, 6.07) is 0. The van der Waals surface area contributed by atoms with Gasteiger partial charge in [-0.15, -0.1) is 0 Å². The molecule has 0 saturated carbocycles. The lowest BCUT2D eigenvalue weighted by Crippen LogP contribution is -2.27. The van der Waals surface area contributed by atoms with Crippen molar-refractivity contribution in [2.75, 3.05) is 6.61 Å². The second-order valence-electron chi connectivity index (χ2n) is 2.67. The SMILES string of the molecule is C=CCOC(=O)N/C(=C/C=C\C)C(C)=O. The van der Waals surface area contributed by atoms with Gasteiger partial charge < -0.3 is 4.74 Å². The molecule has 0 aromatic heterocycles. The quantitative estimate of drug-likeness (QED) is 0.427. The van der Waals surface area contributed by atoms with E-state index in [1.165, 1.54) is 19.1 Å². The minimum atomic E-state index is -0.666. The number of nitrogens with one attached hydrogen (secondary N) is 1. The van der Waals surface area contributed by atoms with Crippen molar-refractivity contribution in [3.05, 3.63) is 36.6 Å². The van der Waals surface area contributed by atoms with Gasteiger partial charge in [-0.3, -0.25) is 10.1 Å². The van der Waals surface area contributed by atoms with Gasteiger partial charge in [-0.1, -0.05) is 24.8 Å². The molecular formula is C11H15NO3. The Hall–Kier alpha value is -1.84. The molecule has 0 aromatic rings. The minimum Gasteiger partial charge on any atom is -0.445 e. The fourth-order valence-electron chi connectivity index (χ4n) is 0.720. The molecule has 0 atom stereocenters. The first-order valence-corrected chi connectivity index (χ1v) is 4.50. The van der Waals surface area contributed by atoms with Crippen LogP contribution in [0.1, 0.15) is 13.8 Å². The summed E-state index contributed by atoms with van der Waals surface area (Å²) in [5.41, 5.74) is 0.196. The maximum absolute atomic E-state index is 11.1. The lowest BCUT2D eigenvalue weighted by molar-refractivity contribution is -0.113. The van der Waals surface area contributed by atoms with Crippen molar-refractivity contribution in [1.82, 2.24) is 5.32 Å². The number of alkyl carbamates (subject to hydrolysis) is 1. The van der Waals surface area contributed by atoms with Gasteiger partial charge in [-0.25, -0.2) is 4.79 Å². The molecule has 1 amide bonds. The van der Waals surface area contributed by atoms with E-state index in [1.54, 1.807) is 12.2 Å². The fourth-order valence-corrected chi connectivity index (χ4v) is 0.720. The summed E-state index contributed by atoms with van der Waals surface area (Å²) in [4.78, 5) is 22.1. The van der Waals surface area contributed by atoms with E-state index < -0.39 is 6.09 Å². The van der Waals surface area contributed by atoms with E-state index >= 15 is 0 Å². The molecule has 0 bridgehead atoms. The number of amides is 1. The average molecular weight is 209 g/mol. The largest absolute Gasteiger partial charge is 0.445 e. The van der Waals surface area contributed by atoms with Gasteiger partial charge in [0, 0.05) is 6.92 Å². The van der Waals surface area contributed by atoms with Crippen LogP contribution < -0.4 is 5.32 Å². The third-order valence-electron chi connectivity index (χ3n) is 1.40. The molecule has 0 aliphatic heterocycles. The van der Waals surface area contributed by atoms with E-state index in [-0.39, 0.29) is 18.1 Å². The average Bonchev–Trinajstić information content (AvgIpc) is 2.20. The normalized spacial score (nSPS) is 11.2. The standard InChI is InChI=1S/C11H15NO3/c1-4-6-7-10(9(3)13)12-11(14)15-8-5-2/h4-7H,2,8H2,1,3H3,(H,12,14)/b6-4-,10-7+. The number of hydrogen-bond donors (Lipinski definition) is 1. The predicted molar refractivity (Wildman–Crippen MR) is 58.3 cm³/mol. The number of allylic oxidation sites excluding steroid dienone is 4. The number of carbonyl (C=O) groups excluding carboxylic acids is 2. The summed E-state index contributed by atoms with van der Waals surface area (Å²) >= 11 is 0. The summed E-state index contributed by atoms with van der Waals surface area (Å²) in [6.07, 6.45) is 5.70. The van der Waals surface area contributed by atoms with E-state index in [0.29, 0.717) is 0 Å². The van der Waals surface area contributed by atoms with Gasteiger partial charge in [-0.05, 0) is 13.0 Å². The van der Waals surface area contributed by atoms with Crippen LogP contribution in [0.3, 0.4) is 0 Å². The number of ketones is 1. The highest BCUT2D eigenvalue weighted by molar-refractivity contribution is 5.96. The van der Waals surface area contributed by atoms with Gasteiger partial charge >= 0.3 is 6.09 Å². The summed E-state index contributed by atoms with van der Waals surface area (Å²) in [5, 5.41) is 2.34. The number of carbonyl (C=O) groups is 2. The highest BCUT2D eigenvalue weighted by Gasteiger charge is 2.07. The topological polar surface area (TPSA) is 55.4 Å². The Morgan fingerprint density at radius 1 is 1.47 bits per heavy atom. The van der Waals surface area contributed by atoms with Crippen LogP contribution in [0.5, 0.6) is 0 Å². The second kappa shape index (κ2) is 7.55. The molecule has 0 saturated heterocycles. The summed E-state index contributed by atoms with van der Waals surface area (Å²) in [7, 11) is 0. The monoisotopic (exact) mass is 209 g/mol. The molecule has 0 aliphatic carbocycles. The van der Waals surface area contributed by atoms with E-state index in [0.717, 1.165) is 0 Å².